The summed E-state index contributed by atoms with van der Waals surface area (Å²) in [7, 11) is 0. The minimum atomic E-state index is -0.315. The van der Waals surface area contributed by atoms with Crippen LogP contribution in [0.15, 0.2) is 46.9 Å². The summed E-state index contributed by atoms with van der Waals surface area (Å²) in [6, 6.07) is 11.8. The second kappa shape index (κ2) is 8.12. The number of fused-ring (bicyclic) bond motifs is 1. The summed E-state index contributed by atoms with van der Waals surface area (Å²) < 4.78 is 5.68. The molecule has 7 nitrogen and oxygen atoms in total. The average molecular weight is 380 g/mol. The number of benzene rings is 2. The summed E-state index contributed by atoms with van der Waals surface area (Å²) >= 11 is 0. The Hall–Kier alpha value is -3.35. The van der Waals surface area contributed by atoms with Gasteiger partial charge in [0.1, 0.15) is 5.52 Å². The highest BCUT2D eigenvalue weighted by Gasteiger charge is 2.12. The number of rotatable bonds is 5. The summed E-state index contributed by atoms with van der Waals surface area (Å²) in [6.45, 7) is 7.77. The summed E-state index contributed by atoms with van der Waals surface area (Å²) in [6.07, 6.45) is 0. The van der Waals surface area contributed by atoms with E-state index >= 15 is 0 Å². The number of anilines is 2. The molecule has 0 spiro atoms. The fourth-order valence-corrected chi connectivity index (χ4v) is 2.64. The van der Waals surface area contributed by atoms with Crippen molar-refractivity contribution in [3.63, 3.8) is 0 Å². The number of carbonyl (C=O) groups is 2. The van der Waals surface area contributed by atoms with E-state index in [1.54, 1.807) is 42.5 Å². The minimum Gasteiger partial charge on any atom is -0.440 e. The van der Waals surface area contributed by atoms with Crippen LogP contribution in [0.25, 0.3) is 11.1 Å². The first-order valence-electron chi connectivity index (χ1n) is 9.21. The molecule has 0 radical (unpaired) electrons. The van der Waals surface area contributed by atoms with E-state index in [-0.39, 0.29) is 23.9 Å². The van der Waals surface area contributed by atoms with Crippen molar-refractivity contribution in [2.75, 3.05) is 10.6 Å². The number of aromatic nitrogens is 1. The summed E-state index contributed by atoms with van der Waals surface area (Å²) in [5.41, 5.74) is 2.98. The maximum Gasteiger partial charge on any atom is 0.319 e. The van der Waals surface area contributed by atoms with Crippen LogP contribution in [0.5, 0.6) is 0 Å². The summed E-state index contributed by atoms with van der Waals surface area (Å²) in [5.74, 6) is 0.574. The molecule has 0 saturated heterocycles. The summed E-state index contributed by atoms with van der Waals surface area (Å²) in [5, 5.41) is 8.31. The van der Waals surface area contributed by atoms with Crippen LogP contribution in [0, 0.1) is 0 Å². The molecule has 1 aromatic heterocycles. The van der Waals surface area contributed by atoms with E-state index in [1.165, 1.54) is 0 Å². The fourth-order valence-electron chi connectivity index (χ4n) is 2.64. The molecule has 146 valence electrons. The van der Waals surface area contributed by atoms with Crippen molar-refractivity contribution in [1.82, 2.24) is 10.3 Å². The quantitative estimate of drug-likeness (QED) is 0.596. The van der Waals surface area contributed by atoms with Crippen molar-refractivity contribution in [2.45, 2.75) is 39.7 Å². The monoisotopic (exact) mass is 380 g/mol. The Bertz CT molecular complexity index is 1010. The summed E-state index contributed by atoms with van der Waals surface area (Å²) in [4.78, 5) is 28.9. The number of hydrogen-bond acceptors (Lipinski definition) is 4. The third kappa shape index (κ3) is 4.68. The second-order valence-corrected chi connectivity index (χ2v) is 7.18. The molecule has 0 fully saturated rings. The van der Waals surface area contributed by atoms with Gasteiger partial charge in [-0.25, -0.2) is 9.78 Å². The van der Waals surface area contributed by atoms with Crippen LogP contribution in [0.4, 0.5) is 16.2 Å². The molecule has 0 aliphatic heterocycles. The van der Waals surface area contributed by atoms with E-state index in [9.17, 15) is 9.59 Å². The first kappa shape index (κ1) is 19.4. The average Bonchev–Trinajstić information content (AvgIpc) is 3.05. The third-order valence-corrected chi connectivity index (χ3v) is 3.96. The zero-order chi connectivity index (χ0) is 20.3. The SMILES string of the molecule is CC(C)NC(=O)Nc1cccc(C(=O)Nc2ccc3oc(C(C)C)nc3c2)c1. The maximum absolute atomic E-state index is 12.6. The van der Waals surface area contributed by atoms with Gasteiger partial charge in [0.25, 0.3) is 5.91 Å². The molecular weight excluding hydrogens is 356 g/mol. The first-order chi connectivity index (χ1) is 13.3. The van der Waals surface area contributed by atoms with Crippen molar-refractivity contribution in [3.05, 3.63) is 53.9 Å². The Labute approximate surface area is 163 Å². The van der Waals surface area contributed by atoms with E-state index < -0.39 is 0 Å². The largest absolute Gasteiger partial charge is 0.440 e. The molecule has 2 aromatic carbocycles. The topological polar surface area (TPSA) is 96.3 Å². The molecule has 0 bridgehead atoms. The van der Waals surface area contributed by atoms with Crippen LogP contribution in [-0.2, 0) is 0 Å². The highest BCUT2D eigenvalue weighted by atomic mass is 16.3. The van der Waals surface area contributed by atoms with Gasteiger partial charge in [-0.2, -0.15) is 0 Å². The number of nitrogens with one attached hydrogen (secondary N) is 3. The van der Waals surface area contributed by atoms with E-state index in [0.29, 0.717) is 33.9 Å². The number of oxazole rings is 1. The van der Waals surface area contributed by atoms with Gasteiger partial charge < -0.3 is 20.4 Å². The molecule has 3 aromatic rings. The predicted octanol–water partition coefficient (Wildman–Crippen LogP) is 4.73. The zero-order valence-corrected chi connectivity index (χ0v) is 16.4. The Morgan fingerprint density at radius 3 is 2.43 bits per heavy atom. The van der Waals surface area contributed by atoms with Gasteiger partial charge in [-0.15, -0.1) is 0 Å². The van der Waals surface area contributed by atoms with Crippen molar-refractivity contribution < 1.29 is 14.0 Å². The number of urea groups is 1. The van der Waals surface area contributed by atoms with Crippen LogP contribution >= 0.6 is 0 Å². The molecule has 0 aliphatic rings. The fraction of sp³-hybridized carbons (Fsp3) is 0.286. The molecule has 28 heavy (non-hydrogen) atoms. The van der Waals surface area contributed by atoms with Crippen LogP contribution in [0.1, 0.15) is 49.9 Å². The zero-order valence-electron chi connectivity index (χ0n) is 16.4. The van der Waals surface area contributed by atoms with E-state index in [4.69, 9.17) is 4.42 Å². The van der Waals surface area contributed by atoms with Crippen molar-refractivity contribution in [3.8, 4) is 0 Å². The minimum absolute atomic E-state index is 0.0224. The van der Waals surface area contributed by atoms with Gasteiger partial charge in [0, 0.05) is 28.9 Å². The van der Waals surface area contributed by atoms with Crippen LogP contribution in [0.2, 0.25) is 0 Å². The lowest BCUT2D eigenvalue weighted by molar-refractivity contribution is 0.102. The number of nitrogens with zero attached hydrogens (tertiary/aromatic N) is 1. The molecule has 0 saturated carbocycles. The molecule has 0 unspecified atom stereocenters. The van der Waals surface area contributed by atoms with Gasteiger partial charge in [0.05, 0.1) is 0 Å². The lowest BCUT2D eigenvalue weighted by Gasteiger charge is -2.11. The molecule has 7 heteroatoms. The first-order valence-corrected chi connectivity index (χ1v) is 9.21. The number of carbonyl (C=O) groups excluding carboxylic acids is 2. The van der Waals surface area contributed by atoms with Crippen molar-refractivity contribution in [2.24, 2.45) is 0 Å². The Morgan fingerprint density at radius 2 is 1.71 bits per heavy atom. The molecule has 3 rings (SSSR count). The molecular formula is C21H24N4O3. The molecule has 0 aliphatic carbocycles. The van der Waals surface area contributed by atoms with Gasteiger partial charge in [-0.3, -0.25) is 4.79 Å². The standard InChI is InChI=1S/C21H24N4O3/c1-12(2)20-25-17-11-16(8-9-18(17)28-20)23-19(26)14-6-5-7-15(10-14)24-21(27)22-13(3)4/h5-13H,1-4H3,(H,23,26)(H2,22,24,27). The number of hydrogen-bond donors (Lipinski definition) is 3. The number of amides is 3. The van der Waals surface area contributed by atoms with Crippen molar-refractivity contribution in [1.29, 1.82) is 0 Å². The highest BCUT2D eigenvalue weighted by molar-refractivity contribution is 6.05. The van der Waals surface area contributed by atoms with Crippen molar-refractivity contribution >= 4 is 34.4 Å². The molecule has 3 amide bonds. The smallest absolute Gasteiger partial charge is 0.319 e. The normalized spacial score (nSPS) is 11.1. The van der Waals surface area contributed by atoms with Gasteiger partial charge >= 0.3 is 6.03 Å². The second-order valence-electron chi connectivity index (χ2n) is 7.18. The molecule has 1 heterocycles. The van der Waals surface area contributed by atoms with Gasteiger partial charge in [0.15, 0.2) is 11.5 Å². The van der Waals surface area contributed by atoms with E-state index in [1.807, 2.05) is 27.7 Å². The maximum atomic E-state index is 12.6. The van der Waals surface area contributed by atoms with E-state index in [0.717, 1.165) is 0 Å². The van der Waals surface area contributed by atoms with Gasteiger partial charge in [-0.05, 0) is 50.2 Å². The predicted molar refractivity (Wildman–Crippen MR) is 110 cm³/mol. The van der Waals surface area contributed by atoms with Crippen LogP contribution < -0.4 is 16.0 Å². The molecule has 3 N–H and O–H groups in total. The van der Waals surface area contributed by atoms with Crippen LogP contribution in [-0.4, -0.2) is 23.0 Å². The Balaban J connectivity index is 1.73. The van der Waals surface area contributed by atoms with Gasteiger partial charge in [-0.1, -0.05) is 19.9 Å². The Morgan fingerprint density at radius 1 is 0.964 bits per heavy atom. The Kier molecular flexibility index (Phi) is 5.63. The van der Waals surface area contributed by atoms with Gasteiger partial charge in [0.2, 0.25) is 0 Å². The lowest BCUT2D eigenvalue weighted by Crippen LogP contribution is -2.34. The lowest BCUT2D eigenvalue weighted by atomic mass is 10.2. The third-order valence-electron chi connectivity index (χ3n) is 3.96. The highest BCUT2D eigenvalue weighted by Crippen LogP contribution is 2.24. The van der Waals surface area contributed by atoms with Crippen LogP contribution in [0.3, 0.4) is 0 Å². The van der Waals surface area contributed by atoms with E-state index in [2.05, 4.69) is 20.9 Å². The molecule has 0 atom stereocenters.